The first-order valence-electron chi connectivity index (χ1n) is 12.1. The number of carbonyl (C=O) groups excluding carboxylic acids is 1. The number of thioether (sulfide) groups is 1. The Kier molecular flexibility index (Phi) is 8.68. The van der Waals surface area contributed by atoms with Gasteiger partial charge in [0.1, 0.15) is 5.82 Å². The van der Waals surface area contributed by atoms with E-state index in [0.717, 1.165) is 38.5 Å². The molecule has 4 rings (SSSR count). The Morgan fingerprint density at radius 3 is 2.53 bits per heavy atom. The van der Waals surface area contributed by atoms with Crippen molar-refractivity contribution in [2.45, 2.75) is 25.2 Å². The minimum absolute atomic E-state index is 0.134. The predicted octanol–water partition coefficient (Wildman–Crippen LogP) is 6.47. The number of carbonyl (C=O) groups is 1. The molecule has 0 bridgehead atoms. The fraction of sp³-hybridized carbons (Fsp3) is 0.241. The van der Waals surface area contributed by atoms with E-state index in [-0.39, 0.29) is 5.91 Å². The second-order valence-electron chi connectivity index (χ2n) is 8.08. The molecule has 0 atom stereocenters. The molecule has 0 radical (unpaired) electrons. The molecular formula is C29H31N3O3S. The van der Waals surface area contributed by atoms with Crippen LogP contribution >= 0.6 is 11.8 Å². The molecule has 0 unspecified atom stereocenters. The van der Waals surface area contributed by atoms with Crippen molar-refractivity contribution in [2.75, 3.05) is 31.3 Å². The van der Waals surface area contributed by atoms with Crippen LogP contribution in [0, 0.1) is 0 Å². The number of para-hydroxylation sites is 1. The summed E-state index contributed by atoms with van der Waals surface area (Å²) in [6.07, 6.45) is 2.72. The highest BCUT2D eigenvalue weighted by Gasteiger charge is 2.14. The summed E-state index contributed by atoms with van der Waals surface area (Å²) < 4.78 is 11.4. The smallest absolute Gasteiger partial charge is 0.252 e. The Morgan fingerprint density at radius 1 is 0.917 bits per heavy atom. The molecule has 7 heteroatoms. The van der Waals surface area contributed by atoms with Crippen LogP contribution in [0.4, 0.5) is 11.5 Å². The summed E-state index contributed by atoms with van der Waals surface area (Å²) in [7, 11) is 0. The van der Waals surface area contributed by atoms with Gasteiger partial charge in [-0.05, 0) is 74.6 Å². The van der Waals surface area contributed by atoms with Gasteiger partial charge in [0.25, 0.3) is 5.91 Å². The number of nitrogens with one attached hydrogen (secondary N) is 2. The number of amides is 1. The number of rotatable bonds is 11. The van der Waals surface area contributed by atoms with Crippen LogP contribution in [0.2, 0.25) is 0 Å². The lowest BCUT2D eigenvalue weighted by Gasteiger charge is -2.14. The molecule has 0 saturated heterocycles. The molecule has 4 aromatic rings. The lowest BCUT2D eigenvalue weighted by molar-refractivity contribution is 0.0955. The van der Waals surface area contributed by atoms with Crippen molar-refractivity contribution in [3.63, 3.8) is 0 Å². The van der Waals surface area contributed by atoms with Gasteiger partial charge in [0.2, 0.25) is 0 Å². The molecule has 6 nitrogen and oxygen atoms in total. The van der Waals surface area contributed by atoms with Crippen LogP contribution < -0.4 is 20.1 Å². The van der Waals surface area contributed by atoms with Gasteiger partial charge >= 0.3 is 0 Å². The van der Waals surface area contributed by atoms with E-state index < -0.39 is 0 Å². The maximum Gasteiger partial charge on any atom is 0.252 e. The first-order valence-corrected chi connectivity index (χ1v) is 13.3. The average Bonchev–Trinajstić information content (AvgIpc) is 2.90. The normalized spacial score (nSPS) is 10.8. The highest BCUT2D eigenvalue weighted by molar-refractivity contribution is 7.98. The van der Waals surface area contributed by atoms with E-state index in [1.165, 1.54) is 0 Å². The van der Waals surface area contributed by atoms with Crippen molar-refractivity contribution >= 4 is 40.1 Å². The van der Waals surface area contributed by atoms with Gasteiger partial charge in [0.05, 0.1) is 24.3 Å². The Morgan fingerprint density at radius 2 is 1.72 bits per heavy atom. The third kappa shape index (κ3) is 6.29. The molecule has 2 N–H and O–H groups in total. The van der Waals surface area contributed by atoms with Crippen LogP contribution in [0.25, 0.3) is 10.9 Å². The van der Waals surface area contributed by atoms with Gasteiger partial charge < -0.3 is 20.1 Å². The number of hydrogen-bond acceptors (Lipinski definition) is 6. The van der Waals surface area contributed by atoms with Crippen molar-refractivity contribution in [1.82, 2.24) is 10.3 Å². The summed E-state index contributed by atoms with van der Waals surface area (Å²) in [6, 6.07) is 23.5. The third-order valence-corrected chi connectivity index (χ3v) is 6.34. The second-order valence-corrected chi connectivity index (χ2v) is 8.96. The van der Waals surface area contributed by atoms with E-state index in [2.05, 4.69) is 22.8 Å². The SMILES string of the molecule is CCOc1ccc(CCNC(=O)c2cc(Nc3cccc(SC)c3)nc3ccccc23)cc1OCC. The number of hydrogen-bond donors (Lipinski definition) is 2. The Balaban J connectivity index is 1.50. The molecule has 3 aromatic carbocycles. The molecule has 36 heavy (non-hydrogen) atoms. The van der Waals surface area contributed by atoms with Crippen LogP contribution in [-0.2, 0) is 6.42 Å². The van der Waals surface area contributed by atoms with E-state index in [1.54, 1.807) is 11.8 Å². The average molecular weight is 502 g/mol. The molecule has 0 aliphatic rings. The maximum atomic E-state index is 13.2. The topological polar surface area (TPSA) is 72.5 Å². The first kappa shape index (κ1) is 25.4. The van der Waals surface area contributed by atoms with Crippen LogP contribution in [0.5, 0.6) is 11.5 Å². The highest BCUT2D eigenvalue weighted by atomic mass is 32.2. The molecular weight excluding hydrogens is 470 g/mol. The Bertz CT molecular complexity index is 1340. The second kappa shape index (κ2) is 12.3. The summed E-state index contributed by atoms with van der Waals surface area (Å²) >= 11 is 1.68. The Labute approximate surface area is 216 Å². The number of pyridine rings is 1. The minimum atomic E-state index is -0.134. The highest BCUT2D eigenvalue weighted by Crippen LogP contribution is 2.29. The predicted molar refractivity (Wildman–Crippen MR) is 148 cm³/mol. The first-order chi connectivity index (χ1) is 17.6. The van der Waals surface area contributed by atoms with E-state index in [1.807, 2.05) is 80.8 Å². The summed E-state index contributed by atoms with van der Waals surface area (Å²) in [4.78, 5) is 19.1. The number of anilines is 2. The standard InChI is InChI=1S/C29H31N3O3S/c1-4-34-26-14-13-20(17-27(26)35-5-2)15-16-30-29(33)24-19-28(32-25-12-7-6-11-23(24)25)31-21-9-8-10-22(18-21)36-3/h6-14,17-19H,4-5,15-16H2,1-3H3,(H,30,33)(H,31,32). The van der Waals surface area contributed by atoms with Gasteiger partial charge in [0.15, 0.2) is 11.5 Å². The molecule has 0 aliphatic carbocycles. The number of aromatic nitrogens is 1. The van der Waals surface area contributed by atoms with Gasteiger partial charge in [-0.1, -0.05) is 30.3 Å². The van der Waals surface area contributed by atoms with Crippen LogP contribution in [0.1, 0.15) is 29.8 Å². The largest absolute Gasteiger partial charge is 0.490 e. The van der Waals surface area contributed by atoms with E-state index in [9.17, 15) is 4.79 Å². The molecule has 1 amide bonds. The van der Waals surface area contributed by atoms with Crippen LogP contribution in [-0.4, -0.2) is 36.9 Å². The maximum absolute atomic E-state index is 13.2. The summed E-state index contributed by atoms with van der Waals surface area (Å²) in [5.74, 6) is 1.96. The number of nitrogens with zero attached hydrogens (tertiary/aromatic N) is 1. The fourth-order valence-corrected chi connectivity index (χ4v) is 4.40. The van der Waals surface area contributed by atoms with E-state index in [4.69, 9.17) is 14.5 Å². The van der Waals surface area contributed by atoms with Gasteiger partial charge in [-0.15, -0.1) is 11.8 Å². The summed E-state index contributed by atoms with van der Waals surface area (Å²) in [6.45, 7) is 5.53. The van der Waals surface area contributed by atoms with Crippen molar-refractivity contribution < 1.29 is 14.3 Å². The van der Waals surface area contributed by atoms with E-state index in [0.29, 0.717) is 37.6 Å². The van der Waals surface area contributed by atoms with Crippen molar-refractivity contribution in [2.24, 2.45) is 0 Å². The van der Waals surface area contributed by atoms with Crippen molar-refractivity contribution in [1.29, 1.82) is 0 Å². The fourth-order valence-electron chi connectivity index (χ4n) is 3.94. The number of fused-ring (bicyclic) bond motifs is 1. The zero-order chi connectivity index (χ0) is 25.3. The summed E-state index contributed by atoms with van der Waals surface area (Å²) in [5, 5.41) is 7.24. The van der Waals surface area contributed by atoms with Gasteiger partial charge in [-0.2, -0.15) is 0 Å². The van der Waals surface area contributed by atoms with Gasteiger partial charge in [-0.3, -0.25) is 4.79 Å². The monoisotopic (exact) mass is 501 g/mol. The van der Waals surface area contributed by atoms with Crippen molar-refractivity contribution in [3.8, 4) is 11.5 Å². The van der Waals surface area contributed by atoms with Crippen LogP contribution in [0.3, 0.4) is 0 Å². The Hall–Kier alpha value is -3.71. The molecule has 0 fully saturated rings. The van der Waals surface area contributed by atoms with Gasteiger partial charge in [0, 0.05) is 22.5 Å². The molecule has 0 saturated carbocycles. The summed E-state index contributed by atoms with van der Waals surface area (Å²) in [5.41, 5.74) is 3.35. The van der Waals surface area contributed by atoms with E-state index >= 15 is 0 Å². The number of ether oxygens (including phenoxy) is 2. The molecule has 186 valence electrons. The quantitative estimate of drug-likeness (QED) is 0.230. The molecule has 0 aliphatic heterocycles. The zero-order valence-electron chi connectivity index (χ0n) is 20.8. The van der Waals surface area contributed by atoms with Crippen molar-refractivity contribution in [3.05, 3.63) is 83.9 Å². The lowest BCUT2D eigenvalue weighted by Crippen LogP contribution is -2.26. The molecule has 1 heterocycles. The third-order valence-electron chi connectivity index (χ3n) is 5.61. The lowest BCUT2D eigenvalue weighted by atomic mass is 10.1. The number of benzene rings is 3. The zero-order valence-corrected chi connectivity index (χ0v) is 21.7. The van der Waals surface area contributed by atoms with Crippen LogP contribution in [0.15, 0.2) is 77.7 Å². The molecule has 0 spiro atoms. The van der Waals surface area contributed by atoms with Gasteiger partial charge in [-0.25, -0.2) is 4.98 Å². The molecule has 1 aromatic heterocycles. The minimum Gasteiger partial charge on any atom is -0.490 e.